The number of hydrogen-bond donors (Lipinski definition) is 3. The van der Waals surface area contributed by atoms with Crippen LogP contribution >= 0.6 is 0 Å². The zero-order valence-corrected chi connectivity index (χ0v) is 8.64. The predicted octanol–water partition coefficient (Wildman–Crippen LogP) is 0.933. The quantitative estimate of drug-likeness (QED) is 0.607. The summed E-state index contributed by atoms with van der Waals surface area (Å²) in [7, 11) is 0. The monoisotopic (exact) mass is 228 g/mol. The number of anilines is 1. The van der Waals surface area contributed by atoms with Crippen molar-refractivity contribution in [2.24, 2.45) is 0 Å². The molecule has 0 spiro atoms. The molecule has 1 amide bonds. The second-order valence-corrected chi connectivity index (χ2v) is 3.45. The molecule has 7 nitrogen and oxygen atoms in total. The van der Waals surface area contributed by atoms with Gasteiger partial charge in [0.2, 0.25) is 0 Å². The van der Waals surface area contributed by atoms with Gasteiger partial charge in [-0.2, -0.15) is 20.5 Å². The van der Waals surface area contributed by atoms with Gasteiger partial charge in [-0.3, -0.25) is 9.89 Å². The topological polar surface area (TPSA) is 99.4 Å². The number of benzene rings is 1. The standard InChI is InChI=1S/C10H8N6O/c17-10(9-5-12-16-15-9)13-7-2-1-3-8-6(7)4-11-14-8/h1-5H,(H,11,14)(H,13,17)(H,12,15,16). The number of aromatic nitrogens is 5. The van der Waals surface area contributed by atoms with Crippen molar-refractivity contribution in [1.29, 1.82) is 0 Å². The van der Waals surface area contributed by atoms with Gasteiger partial charge in [0.05, 0.1) is 23.6 Å². The number of carbonyl (C=O) groups is 1. The molecule has 2 heterocycles. The van der Waals surface area contributed by atoms with Gasteiger partial charge in [0.15, 0.2) is 5.69 Å². The fourth-order valence-electron chi connectivity index (χ4n) is 1.57. The summed E-state index contributed by atoms with van der Waals surface area (Å²) in [4.78, 5) is 11.8. The zero-order chi connectivity index (χ0) is 11.7. The Labute approximate surface area is 95.2 Å². The van der Waals surface area contributed by atoms with Crippen LogP contribution in [0.3, 0.4) is 0 Å². The van der Waals surface area contributed by atoms with Gasteiger partial charge in [0.25, 0.3) is 5.91 Å². The summed E-state index contributed by atoms with van der Waals surface area (Å²) in [6.45, 7) is 0. The normalized spacial score (nSPS) is 10.6. The van der Waals surface area contributed by atoms with Crippen molar-refractivity contribution in [2.45, 2.75) is 0 Å². The maximum Gasteiger partial charge on any atom is 0.277 e. The lowest BCUT2D eigenvalue weighted by molar-refractivity contribution is 0.102. The van der Waals surface area contributed by atoms with E-state index in [0.29, 0.717) is 5.69 Å². The largest absolute Gasteiger partial charge is 0.320 e. The summed E-state index contributed by atoms with van der Waals surface area (Å²) in [5.74, 6) is -0.313. The lowest BCUT2D eigenvalue weighted by Gasteiger charge is -2.03. The average Bonchev–Trinajstić information content (AvgIpc) is 3.00. The minimum Gasteiger partial charge on any atom is -0.320 e. The van der Waals surface area contributed by atoms with Gasteiger partial charge >= 0.3 is 0 Å². The molecule has 2 aromatic heterocycles. The highest BCUT2D eigenvalue weighted by molar-refractivity contribution is 6.07. The lowest BCUT2D eigenvalue weighted by atomic mass is 10.2. The number of rotatable bonds is 2. The summed E-state index contributed by atoms with van der Waals surface area (Å²) < 4.78 is 0. The third-order valence-electron chi connectivity index (χ3n) is 2.38. The number of nitrogens with zero attached hydrogens (tertiary/aromatic N) is 3. The van der Waals surface area contributed by atoms with Crippen LogP contribution in [0.25, 0.3) is 10.9 Å². The molecule has 7 heteroatoms. The Morgan fingerprint density at radius 2 is 2.18 bits per heavy atom. The van der Waals surface area contributed by atoms with Gasteiger partial charge in [0.1, 0.15) is 0 Å². The molecule has 0 fully saturated rings. The fourth-order valence-corrected chi connectivity index (χ4v) is 1.57. The number of aromatic amines is 2. The summed E-state index contributed by atoms with van der Waals surface area (Å²) in [6.07, 6.45) is 3.03. The average molecular weight is 228 g/mol. The second-order valence-electron chi connectivity index (χ2n) is 3.45. The van der Waals surface area contributed by atoms with E-state index >= 15 is 0 Å². The maximum atomic E-state index is 11.8. The van der Waals surface area contributed by atoms with Crippen LogP contribution in [-0.4, -0.2) is 31.5 Å². The Morgan fingerprint density at radius 1 is 1.24 bits per heavy atom. The van der Waals surface area contributed by atoms with Gasteiger partial charge in [0, 0.05) is 5.39 Å². The van der Waals surface area contributed by atoms with E-state index in [1.165, 1.54) is 6.20 Å². The molecular weight excluding hydrogens is 220 g/mol. The first-order chi connectivity index (χ1) is 8.34. The van der Waals surface area contributed by atoms with Gasteiger partial charge < -0.3 is 5.32 Å². The van der Waals surface area contributed by atoms with E-state index in [1.54, 1.807) is 12.3 Å². The molecule has 0 atom stereocenters. The van der Waals surface area contributed by atoms with Crippen LogP contribution in [0.4, 0.5) is 5.69 Å². The molecule has 0 saturated carbocycles. The highest BCUT2D eigenvalue weighted by Crippen LogP contribution is 2.21. The molecular formula is C10H8N6O. The van der Waals surface area contributed by atoms with Crippen molar-refractivity contribution in [3.63, 3.8) is 0 Å². The number of hydrogen-bond acceptors (Lipinski definition) is 4. The molecule has 0 aliphatic rings. The molecule has 0 aliphatic carbocycles. The minimum atomic E-state index is -0.313. The minimum absolute atomic E-state index is 0.241. The lowest BCUT2D eigenvalue weighted by Crippen LogP contribution is -2.12. The maximum absolute atomic E-state index is 11.8. The van der Waals surface area contributed by atoms with Crippen LogP contribution in [0, 0.1) is 0 Å². The highest BCUT2D eigenvalue weighted by atomic mass is 16.2. The Bertz CT molecular complexity index is 656. The number of nitrogens with one attached hydrogen (secondary N) is 3. The summed E-state index contributed by atoms with van der Waals surface area (Å²) in [5.41, 5.74) is 1.79. The summed E-state index contributed by atoms with van der Waals surface area (Å²) in [6, 6.07) is 5.52. The third kappa shape index (κ3) is 1.63. The Kier molecular flexibility index (Phi) is 2.08. The predicted molar refractivity (Wildman–Crippen MR) is 60.4 cm³/mol. The SMILES string of the molecule is O=C(Nc1cccc2[nH]ncc12)c1cn[nH]n1. The third-order valence-corrected chi connectivity index (χ3v) is 2.38. The molecule has 84 valence electrons. The van der Waals surface area contributed by atoms with Crippen molar-refractivity contribution >= 4 is 22.5 Å². The first kappa shape index (κ1) is 9.52. The number of fused-ring (bicyclic) bond motifs is 1. The molecule has 17 heavy (non-hydrogen) atoms. The first-order valence-corrected chi connectivity index (χ1v) is 4.94. The van der Waals surface area contributed by atoms with E-state index in [9.17, 15) is 4.79 Å². The van der Waals surface area contributed by atoms with E-state index in [2.05, 4.69) is 30.9 Å². The van der Waals surface area contributed by atoms with Gasteiger partial charge in [-0.25, -0.2) is 0 Å². The molecule has 0 saturated heterocycles. The molecule has 1 aromatic carbocycles. The van der Waals surface area contributed by atoms with Gasteiger partial charge in [-0.15, -0.1) is 0 Å². The van der Waals surface area contributed by atoms with Crippen LogP contribution in [0.1, 0.15) is 10.5 Å². The second kappa shape index (κ2) is 3.71. The van der Waals surface area contributed by atoms with E-state index < -0.39 is 0 Å². The van der Waals surface area contributed by atoms with Gasteiger partial charge in [-0.05, 0) is 12.1 Å². The molecule has 0 unspecified atom stereocenters. The van der Waals surface area contributed by atoms with E-state index in [1.807, 2.05) is 12.1 Å². The fraction of sp³-hybridized carbons (Fsp3) is 0. The number of carbonyl (C=O) groups excluding carboxylic acids is 1. The van der Waals surface area contributed by atoms with Crippen molar-refractivity contribution < 1.29 is 4.79 Å². The van der Waals surface area contributed by atoms with Crippen LogP contribution in [0.2, 0.25) is 0 Å². The summed E-state index contributed by atoms with van der Waals surface area (Å²) >= 11 is 0. The van der Waals surface area contributed by atoms with E-state index in [4.69, 9.17) is 0 Å². The van der Waals surface area contributed by atoms with Crippen LogP contribution < -0.4 is 5.32 Å². The van der Waals surface area contributed by atoms with Crippen molar-refractivity contribution in [3.8, 4) is 0 Å². The van der Waals surface area contributed by atoms with E-state index in [-0.39, 0.29) is 11.6 Å². The summed E-state index contributed by atoms with van der Waals surface area (Å²) in [5, 5.41) is 20.0. The van der Waals surface area contributed by atoms with Crippen LogP contribution in [-0.2, 0) is 0 Å². The van der Waals surface area contributed by atoms with E-state index in [0.717, 1.165) is 10.9 Å². The Hall–Kier alpha value is -2.70. The van der Waals surface area contributed by atoms with Crippen LogP contribution in [0.5, 0.6) is 0 Å². The zero-order valence-electron chi connectivity index (χ0n) is 8.64. The Balaban J connectivity index is 1.95. The first-order valence-electron chi connectivity index (χ1n) is 4.94. The molecule has 0 bridgehead atoms. The smallest absolute Gasteiger partial charge is 0.277 e. The molecule has 0 radical (unpaired) electrons. The molecule has 0 aliphatic heterocycles. The van der Waals surface area contributed by atoms with Gasteiger partial charge in [-0.1, -0.05) is 6.07 Å². The number of H-pyrrole nitrogens is 2. The van der Waals surface area contributed by atoms with Crippen molar-refractivity contribution in [1.82, 2.24) is 25.6 Å². The highest BCUT2D eigenvalue weighted by Gasteiger charge is 2.10. The van der Waals surface area contributed by atoms with Crippen molar-refractivity contribution in [2.75, 3.05) is 5.32 Å². The Morgan fingerprint density at radius 3 is 3.00 bits per heavy atom. The molecule has 3 N–H and O–H groups in total. The van der Waals surface area contributed by atoms with Crippen LogP contribution in [0.15, 0.2) is 30.6 Å². The molecule has 3 aromatic rings. The molecule has 3 rings (SSSR count). The number of amides is 1. The van der Waals surface area contributed by atoms with Crippen molar-refractivity contribution in [3.05, 3.63) is 36.3 Å².